The van der Waals surface area contributed by atoms with E-state index in [1.54, 1.807) is 18.2 Å². The summed E-state index contributed by atoms with van der Waals surface area (Å²) < 4.78 is 11.0. The van der Waals surface area contributed by atoms with Gasteiger partial charge in [-0.15, -0.1) is 0 Å². The SMILES string of the molecule is CC1CC(NCCN)NC(NC(=O)Nc2ccc3c(c2)OCCO3)N1. The molecule has 7 N–H and O–H groups in total. The topological polar surface area (TPSA) is 122 Å². The first-order chi connectivity index (χ1) is 12.1. The second-order valence-electron chi connectivity index (χ2n) is 6.16. The van der Waals surface area contributed by atoms with Gasteiger partial charge in [-0.05, 0) is 25.5 Å². The number of anilines is 1. The standard InChI is InChI=1S/C16H26N6O3/c1-10-8-14(18-5-4-17)21-15(19-10)22-16(23)20-11-2-3-12-13(9-11)25-7-6-24-12/h2-3,9-10,14-15,18-19,21H,4-8,17H2,1H3,(H2,20,22,23). The predicted octanol–water partition coefficient (Wildman–Crippen LogP) is -0.291. The van der Waals surface area contributed by atoms with E-state index < -0.39 is 0 Å². The van der Waals surface area contributed by atoms with Crippen molar-refractivity contribution in [1.29, 1.82) is 0 Å². The number of hydrogen-bond acceptors (Lipinski definition) is 7. The minimum absolute atomic E-state index is 0.0967. The van der Waals surface area contributed by atoms with Gasteiger partial charge in [0.15, 0.2) is 11.5 Å². The van der Waals surface area contributed by atoms with Gasteiger partial charge in [-0.2, -0.15) is 0 Å². The Bertz CT molecular complexity index is 599. The molecule has 0 aromatic heterocycles. The van der Waals surface area contributed by atoms with Gasteiger partial charge in [-0.3, -0.25) is 10.6 Å². The van der Waals surface area contributed by atoms with Crippen molar-refractivity contribution in [2.24, 2.45) is 5.73 Å². The number of amides is 2. The van der Waals surface area contributed by atoms with E-state index in [4.69, 9.17) is 15.2 Å². The van der Waals surface area contributed by atoms with Crippen LogP contribution in [0.3, 0.4) is 0 Å². The normalized spacial score (nSPS) is 25.3. The number of carbonyl (C=O) groups is 1. The van der Waals surface area contributed by atoms with Gasteiger partial charge >= 0.3 is 6.03 Å². The van der Waals surface area contributed by atoms with E-state index in [0.717, 1.165) is 13.0 Å². The molecule has 0 saturated carbocycles. The highest BCUT2D eigenvalue weighted by Gasteiger charge is 2.25. The van der Waals surface area contributed by atoms with Gasteiger partial charge in [0.05, 0.1) is 6.17 Å². The van der Waals surface area contributed by atoms with Crippen LogP contribution in [0.5, 0.6) is 11.5 Å². The molecule has 2 aliphatic rings. The Kier molecular flexibility index (Phi) is 5.92. The first-order valence-corrected chi connectivity index (χ1v) is 8.57. The van der Waals surface area contributed by atoms with Crippen LogP contribution in [-0.2, 0) is 0 Å². The van der Waals surface area contributed by atoms with Crippen molar-refractivity contribution in [2.45, 2.75) is 31.8 Å². The van der Waals surface area contributed by atoms with Crippen LogP contribution >= 0.6 is 0 Å². The number of carbonyl (C=O) groups excluding carboxylic acids is 1. The first-order valence-electron chi connectivity index (χ1n) is 8.57. The fraction of sp³-hybridized carbons (Fsp3) is 0.562. The van der Waals surface area contributed by atoms with Crippen LogP contribution < -0.4 is 41.8 Å². The summed E-state index contributed by atoms with van der Waals surface area (Å²) in [4.78, 5) is 12.3. The first kappa shape index (κ1) is 17.7. The molecular formula is C16H26N6O3. The van der Waals surface area contributed by atoms with Crippen LogP contribution in [-0.4, -0.2) is 50.8 Å². The molecule has 1 fully saturated rings. The van der Waals surface area contributed by atoms with Gasteiger partial charge in [0.25, 0.3) is 0 Å². The monoisotopic (exact) mass is 350 g/mol. The molecule has 9 heteroatoms. The molecule has 0 bridgehead atoms. The van der Waals surface area contributed by atoms with Gasteiger partial charge in [-0.1, -0.05) is 0 Å². The maximum absolute atomic E-state index is 12.3. The molecule has 3 unspecified atom stereocenters. The van der Waals surface area contributed by atoms with Crippen molar-refractivity contribution < 1.29 is 14.3 Å². The largest absolute Gasteiger partial charge is 0.486 e. The average Bonchev–Trinajstić information content (AvgIpc) is 2.59. The minimum Gasteiger partial charge on any atom is -0.486 e. The molecular weight excluding hydrogens is 324 g/mol. The molecule has 3 atom stereocenters. The Hall–Kier alpha value is -2.07. The molecule has 9 nitrogen and oxygen atoms in total. The van der Waals surface area contributed by atoms with Crippen LogP contribution in [0.15, 0.2) is 18.2 Å². The molecule has 0 spiro atoms. The zero-order valence-electron chi connectivity index (χ0n) is 14.3. The van der Waals surface area contributed by atoms with Gasteiger partial charge in [0.1, 0.15) is 19.5 Å². The molecule has 3 rings (SSSR count). The van der Waals surface area contributed by atoms with Crippen molar-refractivity contribution in [3.63, 3.8) is 0 Å². The molecule has 2 heterocycles. The highest BCUT2D eigenvalue weighted by molar-refractivity contribution is 5.89. The maximum Gasteiger partial charge on any atom is 0.321 e. The molecule has 1 saturated heterocycles. The number of benzene rings is 1. The molecule has 25 heavy (non-hydrogen) atoms. The summed E-state index contributed by atoms with van der Waals surface area (Å²) >= 11 is 0. The zero-order chi connectivity index (χ0) is 17.6. The summed E-state index contributed by atoms with van der Waals surface area (Å²) in [6.45, 7) is 4.42. The fourth-order valence-corrected chi connectivity index (χ4v) is 2.93. The van der Waals surface area contributed by atoms with Crippen molar-refractivity contribution in [2.75, 3.05) is 31.6 Å². The van der Waals surface area contributed by atoms with Crippen LogP contribution in [0.4, 0.5) is 10.5 Å². The number of nitrogens with two attached hydrogens (primary N) is 1. The van der Waals surface area contributed by atoms with Crippen LogP contribution in [0.25, 0.3) is 0 Å². The van der Waals surface area contributed by atoms with Crippen LogP contribution in [0.2, 0.25) is 0 Å². The summed E-state index contributed by atoms with van der Waals surface area (Å²) in [5, 5.41) is 15.6. The number of fused-ring (bicyclic) bond motifs is 1. The van der Waals surface area contributed by atoms with E-state index in [1.807, 2.05) is 0 Å². The Morgan fingerprint density at radius 1 is 1.28 bits per heavy atom. The van der Waals surface area contributed by atoms with Crippen LogP contribution in [0.1, 0.15) is 13.3 Å². The summed E-state index contributed by atoms with van der Waals surface area (Å²) in [6.07, 6.45) is 0.665. The van der Waals surface area contributed by atoms with Gasteiger partial charge in [-0.25, -0.2) is 4.79 Å². The van der Waals surface area contributed by atoms with E-state index in [-0.39, 0.29) is 24.5 Å². The second-order valence-corrected chi connectivity index (χ2v) is 6.16. The van der Waals surface area contributed by atoms with Gasteiger partial charge in [0, 0.05) is 30.9 Å². The lowest BCUT2D eigenvalue weighted by atomic mass is 10.1. The van der Waals surface area contributed by atoms with E-state index >= 15 is 0 Å². The quantitative estimate of drug-likeness (QED) is 0.431. The molecule has 138 valence electrons. The lowest BCUT2D eigenvalue weighted by Crippen LogP contribution is -2.68. The Labute approximate surface area is 147 Å². The van der Waals surface area contributed by atoms with E-state index in [1.165, 1.54) is 0 Å². The van der Waals surface area contributed by atoms with E-state index in [9.17, 15) is 4.79 Å². The molecule has 0 radical (unpaired) electrons. The predicted molar refractivity (Wildman–Crippen MR) is 94.6 cm³/mol. The summed E-state index contributed by atoms with van der Waals surface area (Å²) in [5.41, 5.74) is 6.17. The van der Waals surface area contributed by atoms with Crippen molar-refractivity contribution in [3.05, 3.63) is 18.2 Å². The van der Waals surface area contributed by atoms with Gasteiger partial charge in [0.2, 0.25) is 0 Å². The zero-order valence-corrected chi connectivity index (χ0v) is 14.3. The average molecular weight is 350 g/mol. The number of ether oxygens (including phenoxy) is 2. The summed E-state index contributed by atoms with van der Waals surface area (Å²) in [5.74, 6) is 1.33. The number of rotatable bonds is 5. The Morgan fingerprint density at radius 2 is 2.08 bits per heavy atom. The van der Waals surface area contributed by atoms with Crippen LogP contribution in [0, 0.1) is 0 Å². The van der Waals surface area contributed by atoms with Crippen molar-refractivity contribution in [3.8, 4) is 11.5 Å². The highest BCUT2D eigenvalue weighted by Crippen LogP contribution is 2.32. The maximum atomic E-state index is 12.3. The molecule has 2 aliphatic heterocycles. The highest BCUT2D eigenvalue weighted by atomic mass is 16.6. The Balaban J connectivity index is 1.53. The minimum atomic E-state index is -0.337. The molecule has 0 aliphatic carbocycles. The van der Waals surface area contributed by atoms with E-state index in [2.05, 4.69) is 33.5 Å². The third kappa shape index (κ3) is 4.95. The number of hydrogen-bond donors (Lipinski definition) is 6. The molecule has 1 aromatic carbocycles. The fourth-order valence-electron chi connectivity index (χ4n) is 2.93. The lowest BCUT2D eigenvalue weighted by molar-refractivity contribution is 0.171. The van der Waals surface area contributed by atoms with E-state index in [0.29, 0.717) is 36.9 Å². The summed E-state index contributed by atoms with van der Waals surface area (Å²) in [7, 11) is 0. The lowest BCUT2D eigenvalue weighted by Gasteiger charge is -2.36. The van der Waals surface area contributed by atoms with Crippen molar-refractivity contribution >= 4 is 11.7 Å². The second kappa shape index (κ2) is 8.34. The van der Waals surface area contributed by atoms with Crippen molar-refractivity contribution in [1.82, 2.24) is 21.3 Å². The third-order valence-corrected chi connectivity index (χ3v) is 4.02. The molecule has 2 amide bonds. The molecule has 1 aromatic rings. The van der Waals surface area contributed by atoms with Gasteiger partial charge < -0.3 is 31.2 Å². The Morgan fingerprint density at radius 3 is 2.88 bits per heavy atom. The number of nitrogens with one attached hydrogen (secondary N) is 5. The third-order valence-electron chi connectivity index (χ3n) is 4.02. The smallest absolute Gasteiger partial charge is 0.321 e. The summed E-state index contributed by atoms with van der Waals surface area (Å²) in [6, 6.07) is 5.27. The number of urea groups is 1.